The lowest BCUT2D eigenvalue weighted by atomic mass is 10.0. The zero-order valence-corrected chi connectivity index (χ0v) is 19.0. The van der Waals surface area contributed by atoms with Crippen LogP contribution in [0.1, 0.15) is 17.4 Å². The van der Waals surface area contributed by atoms with Gasteiger partial charge in [-0.2, -0.15) is 0 Å². The van der Waals surface area contributed by atoms with Crippen LogP contribution in [0.5, 0.6) is 11.5 Å². The molecule has 0 amide bonds. The molecule has 8 heteroatoms. The van der Waals surface area contributed by atoms with Crippen LogP contribution >= 0.6 is 0 Å². The number of methoxy groups -OCH3 is 2. The van der Waals surface area contributed by atoms with Gasteiger partial charge in [0.15, 0.2) is 17.5 Å². The van der Waals surface area contributed by atoms with Gasteiger partial charge >= 0.3 is 0 Å². The summed E-state index contributed by atoms with van der Waals surface area (Å²) in [4.78, 5) is 7.30. The maximum Gasteiger partial charge on any atom is 0.191 e. The monoisotopic (exact) mass is 442 g/mol. The Labute approximate surface area is 190 Å². The van der Waals surface area contributed by atoms with Crippen molar-refractivity contribution in [3.05, 3.63) is 60.6 Å². The molecule has 0 radical (unpaired) electrons. The van der Waals surface area contributed by atoms with Crippen LogP contribution in [0.25, 0.3) is 0 Å². The summed E-state index contributed by atoms with van der Waals surface area (Å²) in [5.74, 6) is 3.12. The molecule has 1 aliphatic rings. The van der Waals surface area contributed by atoms with Gasteiger partial charge in [-0.3, -0.25) is 9.89 Å². The lowest BCUT2D eigenvalue weighted by molar-refractivity contribution is 0.0179. The summed E-state index contributed by atoms with van der Waals surface area (Å²) in [5.41, 5.74) is 1.13. The predicted molar refractivity (Wildman–Crippen MR) is 126 cm³/mol. The van der Waals surface area contributed by atoms with E-state index in [1.807, 2.05) is 30.3 Å². The van der Waals surface area contributed by atoms with E-state index in [4.69, 9.17) is 23.6 Å². The molecule has 3 rings (SSSR count). The van der Waals surface area contributed by atoms with Crippen molar-refractivity contribution in [1.82, 2.24) is 15.5 Å². The molecule has 1 saturated heterocycles. The van der Waals surface area contributed by atoms with E-state index in [2.05, 4.69) is 28.2 Å². The van der Waals surface area contributed by atoms with Gasteiger partial charge in [-0.1, -0.05) is 12.1 Å². The predicted octanol–water partition coefficient (Wildman–Crippen LogP) is 2.63. The highest BCUT2D eigenvalue weighted by Crippen LogP contribution is 2.32. The first-order valence-electron chi connectivity index (χ1n) is 10.9. The van der Waals surface area contributed by atoms with Crippen molar-refractivity contribution in [2.75, 3.05) is 60.2 Å². The number of nitrogens with zero attached hydrogens (tertiary/aromatic N) is 2. The summed E-state index contributed by atoms with van der Waals surface area (Å²) in [6, 6.07) is 10.0. The van der Waals surface area contributed by atoms with Gasteiger partial charge in [-0.25, -0.2) is 0 Å². The Balaban J connectivity index is 1.76. The minimum absolute atomic E-state index is 0.0890. The Morgan fingerprint density at radius 1 is 1.19 bits per heavy atom. The van der Waals surface area contributed by atoms with E-state index >= 15 is 0 Å². The van der Waals surface area contributed by atoms with Crippen molar-refractivity contribution in [3.8, 4) is 11.5 Å². The SMILES string of the molecule is C=CCNC(=NCC(c1ccc(OC)c(OC)c1)N1CCOCC1)NCCc1ccco1. The Bertz CT molecular complexity index is 848. The summed E-state index contributed by atoms with van der Waals surface area (Å²) >= 11 is 0. The topological polar surface area (TPSA) is 80.5 Å². The number of hydrogen-bond donors (Lipinski definition) is 2. The van der Waals surface area contributed by atoms with Gasteiger partial charge in [-0.15, -0.1) is 6.58 Å². The van der Waals surface area contributed by atoms with Crippen LogP contribution in [0.4, 0.5) is 0 Å². The van der Waals surface area contributed by atoms with E-state index in [1.54, 1.807) is 20.5 Å². The molecular weight excluding hydrogens is 408 g/mol. The van der Waals surface area contributed by atoms with Crippen molar-refractivity contribution >= 4 is 5.96 Å². The molecule has 174 valence electrons. The first-order chi connectivity index (χ1) is 15.7. The third-order valence-corrected chi connectivity index (χ3v) is 5.36. The number of benzene rings is 1. The second-order valence-corrected chi connectivity index (χ2v) is 7.39. The highest BCUT2D eigenvalue weighted by Gasteiger charge is 2.24. The Morgan fingerprint density at radius 2 is 2.00 bits per heavy atom. The minimum Gasteiger partial charge on any atom is -0.493 e. The first-order valence-corrected chi connectivity index (χ1v) is 10.9. The van der Waals surface area contributed by atoms with Gasteiger partial charge in [0.2, 0.25) is 0 Å². The van der Waals surface area contributed by atoms with Crippen LogP contribution in [-0.2, 0) is 11.2 Å². The van der Waals surface area contributed by atoms with E-state index in [-0.39, 0.29) is 6.04 Å². The van der Waals surface area contributed by atoms with Crippen molar-refractivity contribution in [2.45, 2.75) is 12.5 Å². The molecule has 1 aromatic heterocycles. The fraction of sp³-hybridized carbons (Fsp3) is 0.458. The van der Waals surface area contributed by atoms with Crippen molar-refractivity contribution in [1.29, 1.82) is 0 Å². The maximum absolute atomic E-state index is 5.57. The molecule has 32 heavy (non-hydrogen) atoms. The number of morpholine rings is 1. The fourth-order valence-corrected chi connectivity index (χ4v) is 3.66. The number of nitrogens with one attached hydrogen (secondary N) is 2. The highest BCUT2D eigenvalue weighted by atomic mass is 16.5. The lowest BCUT2D eigenvalue weighted by Crippen LogP contribution is -2.42. The molecule has 2 N–H and O–H groups in total. The van der Waals surface area contributed by atoms with Crippen molar-refractivity contribution < 1.29 is 18.6 Å². The van der Waals surface area contributed by atoms with Crippen molar-refractivity contribution in [2.24, 2.45) is 4.99 Å². The lowest BCUT2D eigenvalue weighted by Gasteiger charge is -2.34. The quantitative estimate of drug-likeness (QED) is 0.315. The molecule has 0 spiro atoms. The number of hydrogen-bond acceptors (Lipinski definition) is 6. The van der Waals surface area contributed by atoms with Gasteiger partial charge in [-0.05, 0) is 29.8 Å². The van der Waals surface area contributed by atoms with E-state index in [1.165, 1.54) is 0 Å². The molecule has 1 fully saturated rings. The Kier molecular flexibility index (Phi) is 9.46. The summed E-state index contributed by atoms with van der Waals surface area (Å²) in [6.45, 7) is 8.88. The van der Waals surface area contributed by atoms with Crippen molar-refractivity contribution in [3.63, 3.8) is 0 Å². The molecular formula is C24H34N4O4. The molecule has 2 heterocycles. The Morgan fingerprint density at radius 3 is 2.69 bits per heavy atom. The summed E-state index contributed by atoms with van der Waals surface area (Å²) < 4.78 is 21.9. The zero-order chi connectivity index (χ0) is 22.6. The third kappa shape index (κ3) is 6.77. The van der Waals surface area contributed by atoms with Crippen LogP contribution in [0.2, 0.25) is 0 Å². The second-order valence-electron chi connectivity index (χ2n) is 7.39. The molecule has 0 saturated carbocycles. The fourth-order valence-electron chi connectivity index (χ4n) is 3.66. The largest absolute Gasteiger partial charge is 0.493 e. The highest BCUT2D eigenvalue weighted by molar-refractivity contribution is 5.80. The number of rotatable bonds is 11. The zero-order valence-electron chi connectivity index (χ0n) is 19.0. The maximum atomic E-state index is 5.57. The van der Waals surface area contributed by atoms with Crippen LogP contribution in [0, 0.1) is 0 Å². The molecule has 0 aliphatic carbocycles. The minimum atomic E-state index is 0.0890. The van der Waals surface area contributed by atoms with Crippen LogP contribution in [0.15, 0.2) is 58.7 Å². The molecule has 0 bridgehead atoms. The summed E-state index contributed by atoms with van der Waals surface area (Å²) in [6.07, 6.45) is 4.29. The average molecular weight is 443 g/mol. The van der Waals surface area contributed by atoms with Gasteiger partial charge in [0.1, 0.15) is 5.76 Å². The average Bonchev–Trinajstić information content (AvgIpc) is 3.36. The molecule has 1 aromatic carbocycles. The standard InChI is InChI=1S/C24H34N4O4/c1-4-10-25-24(26-11-9-20-6-5-14-32-20)27-18-21(28-12-15-31-16-13-28)19-7-8-22(29-2)23(17-19)30-3/h4-8,14,17,21H,1,9-13,15-16,18H2,2-3H3,(H2,25,26,27). The number of aliphatic imine (C=N–C) groups is 1. The van der Waals surface area contributed by atoms with Gasteiger partial charge in [0.05, 0.1) is 46.3 Å². The molecule has 2 aromatic rings. The molecule has 1 atom stereocenters. The Hall–Kier alpha value is -2.97. The van der Waals surface area contributed by atoms with E-state index in [0.29, 0.717) is 24.6 Å². The van der Waals surface area contributed by atoms with Gasteiger partial charge in [0.25, 0.3) is 0 Å². The molecule has 1 unspecified atom stereocenters. The summed E-state index contributed by atoms with van der Waals surface area (Å²) in [7, 11) is 3.30. The number of guanidine groups is 1. The second kappa shape index (κ2) is 12.8. The number of ether oxygens (including phenoxy) is 3. The van der Waals surface area contributed by atoms with Gasteiger partial charge in [0, 0.05) is 32.6 Å². The summed E-state index contributed by atoms with van der Waals surface area (Å²) in [5, 5.41) is 6.69. The van der Waals surface area contributed by atoms with Crippen LogP contribution < -0.4 is 20.1 Å². The van der Waals surface area contributed by atoms with E-state index in [0.717, 1.165) is 56.6 Å². The normalized spacial score (nSPS) is 15.8. The van der Waals surface area contributed by atoms with Crippen LogP contribution in [0.3, 0.4) is 0 Å². The smallest absolute Gasteiger partial charge is 0.191 e. The molecule has 8 nitrogen and oxygen atoms in total. The van der Waals surface area contributed by atoms with Gasteiger partial charge < -0.3 is 29.3 Å². The number of furan rings is 1. The van der Waals surface area contributed by atoms with Crippen LogP contribution in [-0.4, -0.2) is 71.0 Å². The molecule has 1 aliphatic heterocycles. The van der Waals surface area contributed by atoms with E-state index < -0.39 is 0 Å². The third-order valence-electron chi connectivity index (χ3n) is 5.36. The first kappa shape index (κ1) is 23.7. The van der Waals surface area contributed by atoms with E-state index in [9.17, 15) is 0 Å².